The highest BCUT2D eigenvalue weighted by Crippen LogP contribution is 2.16. The van der Waals surface area contributed by atoms with Crippen molar-refractivity contribution in [2.24, 2.45) is 5.92 Å². The molecule has 3 heteroatoms. The van der Waals surface area contributed by atoms with Gasteiger partial charge < -0.3 is 10.5 Å². The van der Waals surface area contributed by atoms with Crippen molar-refractivity contribution in [1.82, 2.24) is 0 Å². The van der Waals surface area contributed by atoms with Gasteiger partial charge in [0, 0.05) is 6.42 Å². The van der Waals surface area contributed by atoms with Crippen molar-refractivity contribution in [2.45, 2.75) is 12.8 Å². The highest BCUT2D eigenvalue weighted by molar-refractivity contribution is 5.73. The van der Waals surface area contributed by atoms with Crippen LogP contribution in [0.1, 0.15) is 12.8 Å². The zero-order valence-electron chi connectivity index (χ0n) is 5.43. The third-order valence-corrected chi connectivity index (χ3v) is 1.60. The third kappa shape index (κ3) is 1.42. The molecule has 1 aliphatic heterocycles. The highest BCUT2D eigenvalue weighted by atomic mass is 16.5. The molecule has 9 heavy (non-hydrogen) atoms. The summed E-state index contributed by atoms with van der Waals surface area (Å²) in [4.78, 5) is 10.7. The van der Waals surface area contributed by atoms with Crippen molar-refractivity contribution >= 4 is 5.97 Å². The van der Waals surface area contributed by atoms with Gasteiger partial charge in [-0.1, -0.05) is 0 Å². The molecule has 1 fully saturated rings. The van der Waals surface area contributed by atoms with Gasteiger partial charge in [0.25, 0.3) is 0 Å². The molecule has 0 aromatic heterocycles. The van der Waals surface area contributed by atoms with Crippen LogP contribution in [0.25, 0.3) is 0 Å². The third-order valence-electron chi connectivity index (χ3n) is 1.60. The summed E-state index contributed by atoms with van der Waals surface area (Å²) in [5, 5.41) is 0. The zero-order chi connectivity index (χ0) is 6.69. The molecule has 0 aromatic carbocycles. The molecule has 0 spiro atoms. The molecule has 52 valence electrons. The van der Waals surface area contributed by atoms with Crippen LogP contribution < -0.4 is 5.73 Å². The summed E-state index contributed by atoms with van der Waals surface area (Å²) in [6.45, 7) is 1.45. The van der Waals surface area contributed by atoms with E-state index in [1.165, 1.54) is 0 Å². The normalized spacial score (nSPS) is 26.3. The molecule has 1 saturated heterocycles. The largest absolute Gasteiger partial charge is 0.465 e. The lowest BCUT2D eigenvalue weighted by atomic mass is 10.1. The molecular formula is C6H12NO2+. The van der Waals surface area contributed by atoms with E-state index in [2.05, 4.69) is 5.73 Å². The van der Waals surface area contributed by atoms with Gasteiger partial charge in [0.1, 0.15) is 0 Å². The van der Waals surface area contributed by atoms with Crippen LogP contribution in [0, 0.1) is 5.92 Å². The van der Waals surface area contributed by atoms with Crippen LogP contribution in [-0.2, 0) is 9.53 Å². The summed E-state index contributed by atoms with van der Waals surface area (Å²) in [6.07, 6.45) is 1.78. The molecule has 1 rings (SSSR count). The molecule has 1 aliphatic rings. The quantitative estimate of drug-likeness (QED) is 0.496. The number of rotatable bonds is 2. The lowest BCUT2D eigenvalue weighted by Gasteiger charge is -1.97. The molecule has 0 bridgehead atoms. The first-order valence-corrected chi connectivity index (χ1v) is 3.30. The van der Waals surface area contributed by atoms with E-state index in [-0.39, 0.29) is 11.9 Å². The Hall–Kier alpha value is -0.570. The van der Waals surface area contributed by atoms with Crippen LogP contribution in [0.5, 0.6) is 0 Å². The van der Waals surface area contributed by atoms with Crippen molar-refractivity contribution in [3.05, 3.63) is 0 Å². The molecule has 1 heterocycles. The minimum atomic E-state index is -0.0290. The Morgan fingerprint density at radius 3 is 3.00 bits per heavy atom. The van der Waals surface area contributed by atoms with E-state index in [1.807, 2.05) is 0 Å². The van der Waals surface area contributed by atoms with Crippen LogP contribution >= 0.6 is 0 Å². The topological polar surface area (TPSA) is 53.9 Å². The predicted octanol–water partition coefficient (Wildman–Crippen LogP) is -0.819. The summed E-state index contributed by atoms with van der Waals surface area (Å²) < 4.78 is 4.75. The monoisotopic (exact) mass is 130 g/mol. The average molecular weight is 130 g/mol. The number of esters is 1. The Kier molecular flexibility index (Phi) is 2.05. The highest BCUT2D eigenvalue weighted by Gasteiger charge is 2.25. The first kappa shape index (κ1) is 6.55. The maximum Gasteiger partial charge on any atom is 0.309 e. The van der Waals surface area contributed by atoms with E-state index < -0.39 is 0 Å². The molecule has 0 radical (unpaired) electrons. The minimum absolute atomic E-state index is 0.0290. The Morgan fingerprint density at radius 2 is 2.56 bits per heavy atom. The maximum atomic E-state index is 10.7. The van der Waals surface area contributed by atoms with Crippen LogP contribution in [0.3, 0.4) is 0 Å². The van der Waals surface area contributed by atoms with Gasteiger partial charge in [-0.05, 0) is 6.42 Å². The van der Waals surface area contributed by atoms with Gasteiger partial charge in [-0.2, -0.15) is 0 Å². The standard InChI is InChI=1S/C6H11NO2/c7-3-1-5-2-4-9-6(5)8/h5H,1-4,7H2/p+1. The SMILES string of the molecule is [NH3+]CCC1CCOC1=O. The number of hydrogen-bond acceptors (Lipinski definition) is 2. The minimum Gasteiger partial charge on any atom is -0.465 e. The van der Waals surface area contributed by atoms with Crippen molar-refractivity contribution in [3.8, 4) is 0 Å². The molecule has 0 amide bonds. The summed E-state index contributed by atoms with van der Waals surface area (Å²) in [7, 11) is 0. The number of cyclic esters (lactones) is 1. The lowest BCUT2D eigenvalue weighted by molar-refractivity contribution is -0.369. The zero-order valence-corrected chi connectivity index (χ0v) is 5.43. The van der Waals surface area contributed by atoms with Gasteiger partial charge in [-0.15, -0.1) is 0 Å². The molecule has 0 saturated carbocycles. The molecule has 3 nitrogen and oxygen atoms in total. The number of carbonyl (C=O) groups excluding carboxylic acids is 1. The fourth-order valence-electron chi connectivity index (χ4n) is 1.05. The number of carbonyl (C=O) groups is 1. The first-order valence-electron chi connectivity index (χ1n) is 3.30. The Morgan fingerprint density at radius 1 is 1.78 bits per heavy atom. The second-order valence-corrected chi connectivity index (χ2v) is 2.30. The summed E-state index contributed by atoms with van der Waals surface area (Å²) in [5.74, 6) is 0.126. The summed E-state index contributed by atoms with van der Waals surface area (Å²) in [6, 6.07) is 0. The molecular weight excluding hydrogens is 118 g/mol. The van der Waals surface area contributed by atoms with E-state index in [9.17, 15) is 4.79 Å². The van der Waals surface area contributed by atoms with Gasteiger partial charge in [0.05, 0.1) is 19.1 Å². The van der Waals surface area contributed by atoms with Crippen molar-refractivity contribution in [3.63, 3.8) is 0 Å². The van der Waals surface area contributed by atoms with Gasteiger partial charge >= 0.3 is 5.97 Å². The molecule has 1 atom stereocenters. The molecule has 0 aliphatic carbocycles. The smallest absolute Gasteiger partial charge is 0.309 e. The summed E-state index contributed by atoms with van der Waals surface area (Å²) >= 11 is 0. The second kappa shape index (κ2) is 2.82. The van der Waals surface area contributed by atoms with Crippen LogP contribution in [0.4, 0.5) is 0 Å². The fraction of sp³-hybridized carbons (Fsp3) is 0.833. The Labute approximate surface area is 54.2 Å². The fourth-order valence-corrected chi connectivity index (χ4v) is 1.05. The van der Waals surface area contributed by atoms with E-state index in [0.717, 1.165) is 19.4 Å². The number of ether oxygens (including phenoxy) is 1. The van der Waals surface area contributed by atoms with E-state index in [0.29, 0.717) is 6.61 Å². The van der Waals surface area contributed by atoms with Crippen molar-refractivity contribution in [1.29, 1.82) is 0 Å². The Balaban J connectivity index is 2.31. The molecule has 1 unspecified atom stereocenters. The van der Waals surface area contributed by atoms with E-state index in [4.69, 9.17) is 4.74 Å². The second-order valence-electron chi connectivity index (χ2n) is 2.30. The first-order chi connectivity index (χ1) is 4.34. The van der Waals surface area contributed by atoms with Gasteiger partial charge in [-0.3, -0.25) is 4.79 Å². The average Bonchev–Trinajstić information content (AvgIpc) is 2.18. The lowest BCUT2D eigenvalue weighted by Crippen LogP contribution is -2.51. The van der Waals surface area contributed by atoms with Gasteiger partial charge in [0.2, 0.25) is 0 Å². The summed E-state index contributed by atoms with van der Waals surface area (Å²) in [5.41, 5.74) is 3.68. The van der Waals surface area contributed by atoms with Crippen LogP contribution in [0.15, 0.2) is 0 Å². The Bertz CT molecular complexity index is 114. The van der Waals surface area contributed by atoms with Gasteiger partial charge in [-0.25, -0.2) is 0 Å². The predicted molar refractivity (Wildman–Crippen MR) is 31.4 cm³/mol. The van der Waals surface area contributed by atoms with Crippen LogP contribution in [0.2, 0.25) is 0 Å². The molecule has 3 N–H and O–H groups in total. The maximum absolute atomic E-state index is 10.7. The van der Waals surface area contributed by atoms with Crippen molar-refractivity contribution in [2.75, 3.05) is 13.2 Å². The van der Waals surface area contributed by atoms with Gasteiger partial charge in [0.15, 0.2) is 0 Å². The van der Waals surface area contributed by atoms with Crippen molar-refractivity contribution < 1.29 is 15.3 Å². The number of hydrogen-bond donors (Lipinski definition) is 1. The van der Waals surface area contributed by atoms with Crippen LogP contribution in [-0.4, -0.2) is 19.1 Å². The van der Waals surface area contributed by atoms with E-state index >= 15 is 0 Å². The molecule has 0 aromatic rings. The van der Waals surface area contributed by atoms with E-state index in [1.54, 1.807) is 0 Å². The number of quaternary nitrogens is 1.